The van der Waals surface area contributed by atoms with E-state index in [0.29, 0.717) is 12.3 Å². The van der Waals surface area contributed by atoms with Crippen LogP contribution in [0, 0.1) is 0 Å². The highest BCUT2D eigenvalue weighted by Crippen LogP contribution is 2.26. The average Bonchev–Trinajstić information content (AvgIpc) is 2.86. The van der Waals surface area contributed by atoms with Crippen molar-refractivity contribution in [3.63, 3.8) is 0 Å². The predicted octanol–water partition coefficient (Wildman–Crippen LogP) is 3.01. The van der Waals surface area contributed by atoms with Crippen molar-refractivity contribution in [2.45, 2.75) is 38.3 Å². The summed E-state index contributed by atoms with van der Waals surface area (Å²) in [5.41, 5.74) is 2.44. The second-order valence-electron chi connectivity index (χ2n) is 6.43. The van der Waals surface area contributed by atoms with Crippen molar-refractivity contribution in [3.8, 4) is 11.4 Å². The molecule has 6 heteroatoms. The second kappa shape index (κ2) is 7.17. The van der Waals surface area contributed by atoms with Crippen molar-refractivity contribution < 1.29 is 4.79 Å². The van der Waals surface area contributed by atoms with Gasteiger partial charge in [-0.25, -0.2) is 0 Å². The number of thioether (sulfide) groups is 1. The van der Waals surface area contributed by atoms with E-state index in [0.717, 1.165) is 16.5 Å². The summed E-state index contributed by atoms with van der Waals surface area (Å²) >= 11 is 1.40. The van der Waals surface area contributed by atoms with Crippen LogP contribution in [0.15, 0.2) is 29.4 Å². The Labute approximate surface area is 141 Å². The first-order chi connectivity index (χ1) is 10.8. The van der Waals surface area contributed by atoms with Gasteiger partial charge in [0, 0.05) is 19.2 Å². The summed E-state index contributed by atoms with van der Waals surface area (Å²) in [5.74, 6) is 1.17. The van der Waals surface area contributed by atoms with Gasteiger partial charge in [-0.1, -0.05) is 56.8 Å². The number of amides is 1. The van der Waals surface area contributed by atoms with Crippen molar-refractivity contribution in [1.29, 1.82) is 0 Å². The molecule has 1 amide bonds. The van der Waals surface area contributed by atoms with E-state index in [1.165, 1.54) is 17.3 Å². The Morgan fingerprint density at radius 3 is 2.43 bits per heavy atom. The van der Waals surface area contributed by atoms with Crippen LogP contribution >= 0.6 is 11.8 Å². The molecule has 5 nitrogen and oxygen atoms in total. The fourth-order valence-corrected chi connectivity index (χ4v) is 2.93. The van der Waals surface area contributed by atoms with E-state index >= 15 is 0 Å². The number of hydrogen-bond donors (Lipinski definition) is 1. The van der Waals surface area contributed by atoms with Crippen LogP contribution in [0.25, 0.3) is 11.4 Å². The van der Waals surface area contributed by atoms with Crippen LogP contribution in [0.4, 0.5) is 0 Å². The van der Waals surface area contributed by atoms with Crippen molar-refractivity contribution >= 4 is 17.7 Å². The highest BCUT2D eigenvalue weighted by Gasteiger charge is 2.16. The smallest absolute Gasteiger partial charge is 0.230 e. The summed E-state index contributed by atoms with van der Waals surface area (Å²) in [5, 5.41) is 12.0. The van der Waals surface area contributed by atoms with Crippen LogP contribution < -0.4 is 5.32 Å². The van der Waals surface area contributed by atoms with E-state index in [-0.39, 0.29) is 11.3 Å². The Bertz CT molecular complexity index is 671. The van der Waals surface area contributed by atoms with E-state index in [1.54, 1.807) is 0 Å². The molecule has 0 fully saturated rings. The summed E-state index contributed by atoms with van der Waals surface area (Å²) < 4.78 is 1.93. The van der Waals surface area contributed by atoms with Crippen LogP contribution in [0.5, 0.6) is 0 Å². The Morgan fingerprint density at radius 1 is 1.22 bits per heavy atom. The molecule has 2 aromatic rings. The highest BCUT2D eigenvalue weighted by atomic mass is 32.2. The molecule has 0 saturated carbocycles. The summed E-state index contributed by atoms with van der Waals surface area (Å²) in [4.78, 5) is 11.5. The van der Waals surface area contributed by atoms with E-state index in [9.17, 15) is 4.79 Å². The number of carbonyl (C=O) groups is 1. The van der Waals surface area contributed by atoms with Gasteiger partial charge in [0.15, 0.2) is 11.0 Å². The molecule has 0 bridgehead atoms. The summed E-state index contributed by atoms with van der Waals surface area (Å²) in [6, 6.07) is 8.41. The van der Waals surface area contributed by atoms with Gasteiger partial charge in [0.2, 0.25) is 5.91 Å². The third kappa shape index (κ3) is 4.34. The van der Waals surface area contributed by atoms with Gasteiger partial charge in [0.25, 0.3) is 0 Å². The van der Waals surface area contributed by atoms with Gasteiger partial charge >= 0.3 is 0 Å². The summed E-state index contributed by atoms with van der Waals surface area (Å²) in [6.45, 7) is 9.13. The zero-order valence-corrected chi connectivity index (χ0v) is 15.2. The fraction of sp³-hybridized carbons (Fsp3) is 0.471. The Balaban J connectivity index is 2.14. The molecule has 0 atom stereocenters. The molecule has 1 N–H and O–H groups in total. The van der Waals surface area contributed by atoms with E-state index in [4.69, 9.17) is 0 Å². The number of carbonyl (C=O) groups excluding carboxylic acids is 1. The van der Waals surface area contributed by atoms with Crippen LogP contribution in [-0.2, 0) is 17.3 Å². The predicted molar refractivity (Wildman–Crippen MR) is 94.5 cm³/mol. The molecule has 0 spiro atoms. The number of rotatable bonds is 5. The quantitative estimate of drug-likeness (QED) is 0.855. The van der Waals surface area contributed by atoms with E-state index in [1.807, 2.05) is 18.5 Å². The van der Waals surface area contributed by atoms with Gasteiger partial charge < -0.3 is 9.88 Å². The lowest BCUT2D eigenvalue weighted by atomic mass is 9.87. The molecule has 0 radical (unpaired) electrons. The largest absolute Gasteiger partial charge is 0.356 e. The molecule has 0 unspecified atom stereocenters. The van der Waals surface area contributed by atoms with Gasteiger partial charge in [-0.3, -0.25) is 4.79 Å². The molecule has 23 heavy (non-hydrogen) atoms. The molecule has 1 aromatic carbocycles. The fourth-order valence-electron chi connectivity index (χ4n) is 2.19. The van der Waals surface area contributed by atoms with Gasteiger partial charge in [0.05, 0.1) is 5.75 Å². The molecule has 1 heterocycles. The van der Waals surface area contributed by atoms with Crippen molar-refractivity contribution in [1.82, 2.24) is 20.1 Å². The Kier molecular flexibility index (Phi) is 5.46. The highest BCUT2D eigenvalue weighted by molar-refractivity contribution is 7.99. The standard InChI is InChI=1S/C17H24N4OS/c1-6-18-14(22)11-23-16-20-19-15(21(16)5)12-7-9-13(10-8-12)17(2,3)4/h7-10H,6,11H2,1-5H3,(H,18,22). The van der Waals surface area contributed by atoms with Crippen molar-refractivity contribution in [2.24, 2.45) is 7.05 Å². The number of aromatic nitrogens is 3. The number of nitrogens with zero attached hydrogens (tertiary/aromatic N) is 3. The van der Waals surface area contributed by atoms with Gasteiger partial charge in [0.1, 0.15) is 0 Å². The maximum absolute atomic E-state index is 11.5. The van der Waals surface area contributed by atoms with E-state index in [2.05, 4.69) is 60.6 Å². The Morgan fingerprint density at radius 2 is 1.87 bits per heavy atom. The minimum absolute atomic E-state index is 0.0107. The monoisotopic (exact) mass is 332 g/mol. The second-order valence-corrected chi connectivity index (χ2v) is 7.38. The SMILES string of the molecule is CCNC(=O)CSc1nnc(-c2ccc(C(C)(C)C)cc2)n1C. The number of nitrogens with one attached hydrogen (secondary N) is 1. The summed E-state index contributed by atoms with van der Waals surface area (Å²) in [6.07, 6.45) is 0. The first-order valence-electron chi connectivity index (χ1n) is 7.72. The molecule has 124 valence electrons. The third-order valence-electron chi connectivity index (χ3n) is 3.55. The van der Waals surface area contributed by atoms with Crippen molar-refractivity contribution in [3.05, 3.63) is 29.8 Å². The molecule has 0 saturated heterocycles. The summed E-state index contributed by atoms with van der Waals surface area (Å²) in [7, 11) is 1.92. The molecular weight excluding hydrogens is 308 g/mol. The van der Waals surface area contributed by atoms with Gasteiger partial charge in [-0.05, 0) is 17.9 Å². The lowest BCUT2D eigenvalue weighted by Gasteiger charge is -2.19. The molecular formula is C17H24N4OS. The maximum Gasteiger partial charge on any atom is 0.230 e. The van der Waals surface area contributed by atoms with Gasteiger partial charge in [-0.2, -0.15) is 0 Å². The zero-order chi connectivity index (χ0) is 17.0. The minimum Gasteiger partial charge on any atom is -0.356 e. The molecule has 1 aromatic heterocycles. The lowest BCUT2D eigenvalue weighted by molar-refractivity contribution is -0.118. The van der Waals surface area contributed by atoms with Crippen LogP contribution in [0.3, 0.4) is 0 Å². The Hall–Kier alpha value is -1.82. The lowest BCUT2D eigenvalue weighted by Crippen LogP contribution is -2.24. The molecule has 0 aliphatic heterocycles. The topological polar surface area (TPSA) is 59.8 Å². The maximum atomic E-state index is 11.5. The number of benzene rings is 1. The minimum atomic E-state index is 0.0107. The average molecular weight is 332 g/mol. The third-order valence-corrected chi connectivity index (χ3v) is 4.57. The van der Waals surface area contributed by atoms with E-state index < -0.39 is 0 Å². The molecule has 2 rings (SSSR count). The first kappa shape index (κ1) is 17.5. The van der Waals surface area contributed by atoms with Crippen LogP contribution in [0.2, 0.25) is 0 Å². The normalized spacial score (nSPS) is 11.5. The van der Waals surface area contributed by atoms with Gasteiger partial charge in [-0.15, -0.1) is 10.2 Å². The zero-order valence-electron chi connectivity index (χ0n) is 14.4. The van der Waals surface area contributed by atoms with Crippen molar-refractivity contribution in [2.75, 3.05) is 12.3 Å². The first-order valence-corrected chi connectivity index (χ1v) is 8.71. The number of hydrogen-bond acceptors (Lipinski definition) is 4. The molecule has 0 aliphatic rings. The van der Waals surface area contributed by atoms with Crippen LogP contribution in [0.1, 0.15) is 33.3 Å². The van der Waals surface area contributed by atoms with Crippen LogP contribution in [-0.4, -0.2) is 33.0 Å². The molecule has 0 aliphatic carbocycles.